The molecular weight excluding hydrogens is 794 g/mol. The number of hydrogen-bond acceptors (Lipinski definition) is 12. The van der Waals surface area contributed by atoms with Gasteiger partial charge in [-0.05, 0) is 100 Å². The van der Waals surface area contributed by atoms with Crippen molar-refractivity contribution in [2.24, 2.45) is 0 Å². The third-order valence-electron chi connectivity index (χ3n) is 10.1. The van der Waals surface area contributed by atoms with Gasteiger partial charge in [0.25, 0.3) is 0 Å². The standard InChI is InChI=1S/C40H50ClN5O9S2/c1-25(37(47)46-19-7-10-33(46)38(48)49)43-31(39(50)53-23-29-24-54-40(2,3)55-29)17-15-27-11-13-28(14-12-27)22-42-57(51,52)35-21-34-32(20-30(35)41)44-36(45-56-34)18-16-26-8-5-4-6-9-26/h4-6,8-9,11-14,20-21,25,29,31,33,36,42-45H,7,10,15-19,22-24H2,1-3H3,(H,48,49)/t25-,29?,31-,33-,36?/m0/s1. The number of carboxylic acid groups (broad SMARTS) is 1. The first-order chi connectivity index (χ1) is 27.2. The molecule has 3 aromatic rings. The van der Waals surface area contributed by atoms with Crippen molar-refractivity contribution in [3.8, 4) is 0 Å². The van der Waals surface area contributed by atoms with Gasteiger partial charge in [0.15, 0.2) is 5.79 Å². The van der Waals surface area contributed by atoms with Crippen LogP contribution in [0, 0.1) is 0 Å². The minimum Gasteiger partial charge on any atom is -0.480 e. The second-order valence-corrected chi connectivity index (χ2v) is 18.0. The Morgan fingerprint density at radius 3 is 2.49 bits per heavy atom. The molecule has 2 fully saturated rings. The van der Waals surface area contributed by atoms with Crippen LogP contribution in [-0.4, -0.2) is 92.2 Å². The van der Waals surface area contributed by atoms with Gasteiger partial charge in [-0.25, -0.2) is 22.7 Å². The average Bonchev–Trinajstić information content (AvgIpc) is 3.83. The van der Waals surface area contributed by atoms with Gasteiger partial charge in [0.2, 0.25) is 15.9 Å². The summed E-state index contributed by atoms with van der Waals surface area (Å²) < 4.78 is 49.8. The van der Waals surface area contributed by atoms with Crippen molar-refractivity contribution >= 4 is 57.1 Å². The number of carbonyl (C=O) groups excluding carboxylic acids is 2. The number of amides is 1. The summed E-state index contributed by atoms with van der Waals surface area (Å²) in [5.74, 6) is -2.81. The molecule has 2 saturated heterocycles. The van der Waals surface area contributed by atoms with Crippen LogP contribution in [0.25, 0.3) is 0 Å². The lowest BCUT2D eigenvalue weighted by molar-refractivity contribution is -0.160. The summed E-state index contributed by atoms with van der Waals surface area (Å²) in [6, 6.07) is 18.1. The van der Waals surface area contributed by atoms with E-state index in [4.69, 9.17) is 25.8 Å². The van der Waals surface area contributed by atoms with Gasteiger partial charge in [0.1, 0.15) is 29.7 Å². The van der Waals surface area contributed by atoms with Crippen LogP contribution < -0.4 is 20.1 Å². The highest BCUT2D eigenvalue weighted by molar-refractivity contribution is 7.97. The zero-order chi connectivity index (χ0) is 40.7. The third kappa shape index (κ3) is 11.5. The Bertz CT molecular complexity index is 2010. The predicted octanol–water partition coefficient (Wildman–Crippen LogP) is 4.85. The van der Waals surface area contributed by atoms with Crippen LogP contribution >= 0.6 is 23.5 Å². The Morgan fingerprint density at radius 2 is 1.79 bits per heavy atom. The molecular formula is C40H50ClN5O9S2. The predicted molar refractivity (Wildman–Crippen MR) is 216 cm³/mol. The van der Waals surface area contributed by atoms with Crippen LogP contribution in [0.15, 0.2) is 76.5 Å². The normalized spacial score (nSPS) is 21.3. The molecule has 1 amide bonds. The van der Waals surface area contributed by atoms with Gasteiger partial charge in [0.05, 0.1) is 29.5 Å². The first kappa shape index (κ1) is 42.9. The van der Waals surface area contributed by atoms with Gasteiger partial charge in [-0.3, -0.25) is 14.9 Å². The third-order valence-corrected chi connectivity index (χ3v) is 13.0. The lowest BCUT2D eigenvalue weighted by Crippen LogP contribution is -2.53. The zero-order valence-electron chi connectivity index (χ0n) is 32.2. The van der Waals surface area contributed by atoms with Crippen molar-refractivity contribution in [2.75, 3.05) is 25.1 Å². The van der Waals surface area contributed by atoms with E-state index < -0.39 is 57.9 Å². The van der Waals surface area contributed by atoms with Crippen LogP contribution in [0.2, 0.25) is 5.02 Å². The quantitative estimate of drug-likeness (QED) is 0.0920. The summed E-state index contributed by atoms with van der Waals surface area (Å²) in [5, 5.41) is 16.2. The number of aryl methyl sites for hydroxylation is 2. The number of likely N-dealkylation sites (tertiary alicyclic amines) is 1. The van der Waals surface area contributed by atoms with Gasteiger partial charge >= 0.3 is 11.9 Å². The van der Waals surface area contributed by atoms with E-state index in [1.807, 2.05) is 30.3 Å². The topological polar surface area (TPSA) is 185 Å². The lowest BCUT2D eigenvalue weighted by atomic mass is 10.0. The number of esters is 1. The number of halogens is 1. The molecule has 57 heavy (non-hydrogen) atoms. The highest BCUT2D eigenvalue weighted by atomic mass is 35.5. The number of nitrogens with one attached hydrogen (secondary N) is 4. The van der Waals surface area contributed by atoms with E-state index in [2.05, 4.69) is 32.2 Å². The molecule has 3 heterocycles. The maximum absolute atomic E-state index is 13.4. The maximum Gasteiger partial charge on any atom is 0.326 e. The summed E-state index contributed by atoms with van der Waals surface area (Å²) in [6.07, 6.45) is 2.92. The fraction of sp³-hybridized carbons (Fsp3) is 0.475. The molecule has 0 bridgehead atoms. The van der Waals surface area contributed by atoms with E-state index >= 15 is 0 Å². The molecule has 2 unspecified atom stereocenters. The molecule has 0 radical (unpaired) electrons. The van der Waals surface area contributed by atoms with Crippen molar-refractivity contribution in [2.45, 2.75) is 112 Å². The summed E-state index contributed by atoms with van der Waals surface area (Å²) >= 11 is 7.90. The van der Waals surface area contributed by atoms with Crippen LogP contribution in [-0.2, 0) is 58.0 Å². The number of carbonyl (C=O) groups is 3. The molecule has 5 N–H and O–H groups in total. The van der Waals surface area contributed by atoms with Gasteiger partial charge in [-0.1, -0.05) is 66.2 Å². The molecule has 0 aromatic heterocycles. The molecule has 17 heteroatoms. The van der Waals surface area contributed by atoms with Gasteiger partial charge in [0, 0.05) is 18.0 Å². The Kier molecular flexibility index (Phi) is 14.2. The zero-order valence-corrected chi connectivity index (χ0v) is 34.6. The van der Waals surface area contributed by atoms with E-state index in [1.54, 1.807) is 45.0 Å². The second-order valence-electron chi connectivity index (χ2n) is 14.9. The largest absolute Gasteiger partial charge is 0.480 e. The van der Waals surface area contributed by atoms with Crippen LogP contribution in [0.1, 0.15) is 63.1 Å². The minimum absolute atomic E-state index is 0.0144. The number of carboxylic acids is 1. The van der Waals surface area contributed by atoms with Gasteiger partial charge in [-0.2, -0.15) is 0 Å². The summed E-state index contributed by atoms with van der Waals surface area (Å²) in [5.41, 5.74) is 3.59. The highest BCUT2D eigenvalue weighted by Gasteiger charge is 2.38. The van der Waals surface area contributed by atoms with Gasteiger partial charge in [-0.15, -0.1) is 0 Å². The Hall–Kier alpha value is -3.74. The number of ether oxygens (including phenoxy) is 3. The number of aliphatic carboxylic acids is 1. The van der Waals surface area contributed by atoms with Crippen LogP contribution in [0.4, 0.5) is 5.69 Å². The molecule has 3 aromatic carbocycles. The van der Waals surface area contributed by atoms with Gasteiger partial charge < -0.3 is 29.5 Å². The van der Waals surface area contributed by atoms with Crippen molar-refractivity contribution in [3.05, 3.63) is 88.4 Å². The Morgan fingerprint density at radius 1 is 1.07 bits per heavy atom. The van der Waals surface area contributed by atoms with E-state index in [9.17, 15) is 27.9 Å². The van der Waals surface area contributed by atoms with Crippen molar-refractivity contribution in [3.63, 3.8) is 0 Å². The molecule has 5 atom stereocenters. The molecule has 0 aliphatic carbocycles. The SMILES string of the molecule is C[C@H](N[C@@H](CCc1ccc(CNS(=O)(=O)c2cc3c(cc2Cl)NC(CCc2ccccc2)NS3)cc1)C(=O)OCC1COC(C)(C)O1)C(=O)N1CCC[C@H]1C(=O)O. The van der Waals surface area contributed by atoms with E-state index in [0.29, 0.717) is 31.4 Å². The number of nitrogens with zero attached hydrogens (tertiary/aromatic N) is 1. The molecule has 3 aliphatic rings. The first-order valence-electron chi connectivity index (χ1n) is 19.1. The highest BCUT2D eigenvalue weighted by Crippen LogP contribution is 2.37. The lowest BCUT2D eigenvalue weighted by Gasteiger charge is -2.28. The number of sulfonamides is 1. The van der Waals surface area contributed by atoms with Crippen molar-refractivity contribution < 1.29 is 42.1 Å². The minimum atomic E-state index is -3.97. The number of anilines is 1. The molecule has 14 nitrogen and oxygen atoms in total. The summed E-state index contributed by atoms with van der Waals surface area (Å²) in [7, 11) is -3.97. The van der Waals surface area contributed by atoms with Crippen LogP contribution in [0.3, 0.4) is 0 Å². The smallest absolute Gasteiger partial charge is 0.326 e. The first-order valence-corrected chi connectivity index (χ1v) is 21.8. The van der Waals surface area contributed by atoms with Crippen LogP contribution in [0.5, 0.6) is 0 Å². The van der Waals surface area contributed by atoms with Crippen molar-refractivity contribution in [1.82, 2.24) is 19.7 Å². The fourth-order valence-electron chi connectivity index (χ4n) is 7.07. The number of benzene rings is 3. The fourth-order valence-corrected chi connectivity index (χ4v) is 9.56. The monoisotopic (exact) mass is 843 g/mol. The second kappa shape index (κ2) is 18.9. The average molecular weight is 844 g/mol. The molecule has 0 saturated carbocycles. The Balaban J connectivity index is 1.03. The molecule has 0 spiro atoms. The van der Waals surface area contributed by atoms with Crippen molar-refractivity contribution in [1.29, 1.82) is 0 Å². The summed E-state index contributed by atoms with van der Waals surface area (Å²) in [6.45, 7) is 5.76. The molecule has 308 valence electrons. The molecule has 6 rings (SSSR count). The maximum atomic E-state index is 13.4. The van der Waals surface area contributed by atoms with E-state index in [0.717, 1.165) is 29.0 Å². The molecule has 3 aliphatic heterocycles. The number of fused-ring (bicyclic) bond motifs is 1. The number of rotatable bonds is 17. The number of hydrogen-bond donors (Lipinski definition) is 5. The summed E-state index contributed by atoms with van der Waals surface area (Å²) in [4.78, 5) is 40.5. The van der Waals surface area contributed by atoms with E-state index in [-0.39, 0.29) is 42.3 Å². The Labute approximate surface area is 342 Å². The van der Waals surface area contributed by atoms with E-state index in [1.165, 1.54) is 22.4 Å².